The van der Waals surface area contributed by atoms with Crippen LogP contribution in [0.1, 0.15) is 25.0 Å². The molecule has 4 aromatic carbocycles. The van der Waals surface area contributed by atoms with Crippen molar-refractivity contribution in [2.45, 2.75) is 13.8 Å². The summed E-state index contributed by atoms with van der Waals surface area (Å²) in [5.74, 6) is 0. The average Bonchev–Trinajstić information content (AvgIpc) is 3.01. The Morgan fingerprint density at radius 2 is 0.750 bits per heavy atom. The zero-order valence-corrected chi connectivity index (χ0v) is 23.1. The molecule has 0 atom stereocenters. The molecule has 0 saturated heterocycles. The summed E-state index contributed by atoms with van der Waals surface area (Å²) in [6.45, 7) is 6.85. The van der Waals surface area contributed by atoms with E-state index in [-0.39, 0.29) is 0 Å². The molecule has 204 valence electrons. The van der Waals surface area contributed by atoms with Crippen molar-refractivity contribution >= 4 is 46.3 Å². The molecule has 0 amide bonds. The molecule has 0 aliphatic rings. The van der Waals surface area contributed by atoms with Gasteiger partial charge >= 0.3 is 0 Å². The van der Waals surface area contributed by atoms with Crippen LogP contribution in [0.4, 0.5) is 34.1 Å². The Bertz CT molecular complexity index is 1290. The molecule has 0 unspecified atom stereocenters. The normalized spacial score (nSPS) is 11.6. The second kappa shape index (κ2) is 14.5. The molecule has 40 heavy (non-hydrogen) atoms. The maximum Gasteiger partial charge on any atom is 0.0858 e. The predicted molar refractivity (Wildman–Crippen MR) is 167 cm³/mol. The third-order valence-electron chi connectivity index (χ3n) is 6.45. The van der Waals surface area contributed by atoms with Gasteiger partial charge < -0.3 is 21.3 Å². The van der Waals surface area contributed by atoms with Crippen LogP contribution in [0.3, 0.4) is 0 Å². The fourth-order valence-electron chi connectivity index (χ4n) is 4.02. The van der Waals surface area contributed by atoms with Crippen LogP contribution in [-0.2, 0) is 0 Å². The SMILES string of the molecule is CCN(CN)c1ccc(N=Nc2ccc(/C=C/c3ccc(N=Nc4ccc(N(CC)CN)cc4)cc3)cc2)cc1. The number of hydrogen-bond acceptors (Lipinski definition) is 8. The van der Waals surface area contributed by atoms with Gasteiger partial charge in [-0.1, -0.05) is 36.4 Å². The first-order valence-electron chi connectivity index (χ1n) is 13.4. The van der Waals surface area contributed by atoms with E-state index in [4.69, 9.17) is 11.5 Å². The van der Waals surface area contributed by atoms with Crippen LogP contribution in [0.5, 0.6) is 0 Å². The summed E-state index contributed by atoms with van der Waals surface area (Å²) in [6, 6.07) is 31.7. The van der Waals surface area contributed by atoms with E-state index in [1.54, 1.807) is 0 Å². The Morgan fingerprint density at radius 1 is 0.475 bits per heavy atom. The van der Waals surface area contributed by atoms with Crippen LogP contribution in [-0.4, -0.2) is 26.4 Å². The number of azo groups is 2. The third kappa shape index (κ3) is 7.92. The van der Waals surface area contributed by atoms with E-state index in [2.05, 4.69) is 56.3 Å². The van der Waals surface area contributed by atoms with Gasteiger partial charge in [0.25, 0.3) is 0 Å². The lowest BCUT2D eigenvalue weighted by atomic mass is 10.1. The molecule has 0 aliphatic heterocycles. The molecule has 0 radical (unpaired) electrons. The van der Waals surface area contributed by atoms with Crippen molar-refractivity contribution in [1.29, 1.82) is 0 Å². The minimum atomic E-state index is 0.486. The highest BCUT2D eigenvalue weighted by Crippen LogP contribution is 2.24. The Morgan fingerprint density at radius 3 is 1.00 bits per heavy atom. The minimum absolute atomic E-state index is 0.486. The summed E-state index contributed by atoms with van der Waals surface area (Å²) < 4.78 is 0. The number of benzene rings is 4. The molecular weight excluding hydrogens is 496 g/mol. The largest absolute Gasteiger partial charge is 0.359 e. The van der Waals surface area contributed by atoms with Gasteiger partial charge in [0, 0.05) is 24.5 Å². The van der Waals surface area contributed by atoms with Gasteiger partial charge in [-0.25, -0.2) is 0 Å². The van der Waals surface area contributed by atoms with Crippen LogP contribution >= 0.6 is 0 Å². The van der Waals surface area contributed by atoms with Crippen molar-refractivity contribution in [3.63, 3.8) is 0 Å². The van der Waals surface area contributed by atoms with Crippen LogP contribution < -0.4 is 21.3 Å². The molecular formula is C32H36N8. The Balaban J connectivity index is 1.31. The molecule has 0 aliphatic carbocycles. The lowest BCUT2D eigenvalue weighted by Gasteiger charge is -2.20. The van der Waals surface area contributed by atoms with Gasteiger partial charge in [-0.15, -0.1) is 0 Å². The molecule has 0 bridgehead atoms. The minimum Gasteiger partial charge on any atom is -0.359 e. The first-order valence-corrected chi connectivity index (χ1v) is 13.4. The molecule has 8 nitrogen and oxygen atoms in total. The van der Waals surface area contributed by atoms with E-state index in [1.807, 2.05) is 97.1 Å². The number of anilines is 2. The van der Waals surface area contributed by atoms with Crippen LogP contribution in [0.25, 0.3) is 12.2 Å². The van der Waals surface area contributed by atoms with Crippen molar-refractivity contribution in [2.75, 3.05) is 36.2 Å². The Hall–Kier alpha value is -4.66. The van der Waals surface area contributed by atoms with Gasteiger partial charge in [0.15, 0.2) is 0 Å². The first kappa shape index (κ1) is 28.4. The maximum absolute atomic E-state index is 5.78. The number of hydrogen-bond donors (Lipinski definition) is 2. The molecule has 0 fully saturated rings. The van der Waals surface area contributed by atoms with Gasteiger partial charge in [0.1, 0.15) is 0 Å². The molecule has 0 spiro atoms. The van der Waals surface area contributed by atoms with Crippen molar-refractivity contribution in [3.8, 4) is 0 Å². The van der Waals surface area contributed by atoms with E-state index >= 15 is 0 Å². The van der Waals surface area contributed by atoms with Crippen molar-refractivity contribution < 1.29 is 0 Å². The molecule has 4 N–H and O–H groups in total. The summed E-state index contributed by atoms with van der Waals surface area (Å²) in [6.07, 6.45) is 4.13. The summed E-state index contributed by atoms with van der Waals surface area (Å²) >= 11 is 0. The zero-order valence-electron chi connectivity index (χ0n) is 23.1. The monoisotopic (exact) mass is 532 g/mol. The molecule has 8 heteroatoms. The third-order valence-corrected chi connectivity index (χ3v) is 6.45. The second-order valence-corrected chi connectivity index (χ2v) is 9.03. The van der Waals surface area contributed by atoms with E-state index in [1.165, 1.54) is 0 Å². The number of rotatable bonds is 12. The van der Waals surface area contributed by atoms with Crippen molar-refractivity contribution in [1.82, 2.24) is 0 Å². The standard InChI is InChI=1S/C32H36N8/c1-3-39(23-33)31-19-15-29(16-20-31)37-35-27-11-7-25(8-12-27)5-6-26-9-13-28(14-10-26)36-38-30-17-21-32(22-18-30)40(4-2)24-34/h5-22H,3-4,23-24,33-34H2,1-2H3/b6-5+,37-35?,38-36?. The average molecular weight is 533 g/mol. The van der Waals surface area contributed by atoms with Gasteiger partial charge in [-0.2, -0.15) is 20.5 Å². The second-order valence-electron chi connectivity index (χ2n) is 9.03. The zero-order chi connectivity index (χ0) is 28.2. The predicted octanol–water partition coefficient (Wildman–Crippen LogP) is 8.17. The highest BCUT2D eigenvalue weighted by atomic mass is 15.2. The van der Waals surface area contributed by atoms with Crippen molar-refractivity contribution in [3.05, 3.63) is 108 Å². The number of nitrogens with zero attached hydrogens (tertiary/aromatic N) is 6. The highest BCUT2D eigenvalue weighted by molar-refractivity contribution is 5.70. The molecule has 0 saturated carbocycles. The fraction of sp³-hybridized carbons (Fsp3) is 0.188. The number of nitrogens with two attached hydrogens (primary N) is 2. The lowest BCUT2D eigenvalue weighted by molar-refractivity contribution is 0.843. The topological polar surface area (TPSA) is 108 Å². The quantitative estimate of drug-likeness (QED) is 0.109. The van der Waals surface area contributed by atoms with Crippen LogP contribution in [0.2, 0.25) is 0 Å². The van der Waals surface area contributed by atoms with E-state index in [0.717, 1.165) is 58.3 Å². The summed E-state index contributed by atoms with van der Waals surface area (Å²) in [4.78, 5) is 4.16. The van der Waals surface area contributed by atoms with Gasteiger partial charge in [0.05, 0.1) is 36.1 Å². The Kier molecular flexibility index (Phi) is 10.3. The summed E-state index contributed by atoms with van der Waals surface area (Å²) in [7, 11) is 0. The van der Waals surface area contributed by atoms with E-state index < -0.39 is 0 Å². The van der Waals surface area contributed by atoms with E-state index in [9.17, 15) is 0 Å². The van der Waals surface area contributed by atoms with Crippen LogP contribution in [0, 0.1) is 0 Å². The van der Waals surface area contributed by atoms with Gasteiger partial charge in [-0.3, -0.25) is 0 Å². The molecule has 4 rings (SSSR count). The molecule has 4 aromatic rings. The smallest absolute Gasteiger partial charge is 0.0858 e. The van der Waals surface area contributed by atoms with Crippen molar-refractivity contribution in [2.24, 2.45) is 31.9 Å². The first-order chi connectivity index (χ1) is 19.6. The Labute approximate surface area is 236 Å². The summed E-state index contributed by atoms with van der Waals surface area (Å²) in [5.41, 5.74) is 19.0. The van der Waals surface area contributed by atoms with Crippen LogP contribution in [0.15, 0.2) is 118 Å². The molecule has 0 heterocycles. The van der Waals surface area contributed by atoms with Gasteiger partial charge in [0.2, 0.25) is 0 Å². The lowest BCUT2D eigenvalue weighted by Crippen LogP contribution is -2.29. The van der Waals surface area contributed by atoms with E-state index in [0.29, 0.717) is 13.3 Å². The maximum atomic E-state index is 5.78. The fourth-order valence-corrected chi connectivity index (χ4v) is 4.02. The van der Waals surface area contributed by atoms with Gasteiger partial charge in [-0.05, 0) is 97.8 Å². The summed E-state index contributed by atoms with van der Waals surface area (Å²) in [5, 5.41) is 17.4. The molecule has 0 aromatic heterocycles. The highest BCUT2D eigenvalue weighted by Gasteiger charge is 2.02.